The lowest BCUT2D eigenvalue weighted by Gasteiger charge is -2.13. The van der Waals surface area contributed by atoms with E-state index in [0.717, 1.165) is 16.5 Å². The third kappa shape index (κ3) is 4.33. The van der Waals surface area contributed by atoms with Crippen LogP contribution in [0.15, 0.2) is 72.8 Å². The number of benzene rings is 2. The summed E-state index contributed by atoms with van der Waals surface area (Å²) in [6.07, 6.45) is 4.01. The van der Waals surface area contributed by atoms with Crippen molar-refractivity contribution in [3.8, 4) is 0 Å². The third-order valence-electron chi connectivity index (χ3n) is 3.96. The lowest BCUT2D eigenvalue weighted by molar-refractivity contribution is -0.119. The lowest BCUT2D eigenvalue weighted by atomic mass is 10.1. The summed E-state index contributed by atoms with van der Waals surface area (Å²) in [4.78, 5) is 28.4. The van der Waals surface area contributed by atoms with Crippen LogP contribution >= 0.6 is 0 Å². The fourth-order valence-corrected chi connectivity index (χ4v) is 2.58. The minimum absolute atomic E-state index is 0.252. The maximum atomic E-state index is 12.4. The quantitative estimate of drug-likeness (QED) is 0.720. The Morgan fingerprint density at radius 1 is 1.00 bits per heavy atom. The second kappa shape index (κ2) is 8.07. The SMILES string of the molecule is NC(=O)[C@@H](C/C=C/c1ccccc1)NC(=O)c1ccc2ccccc2n1. The van der Waals surface area contributed by atoms with Crippen molar-refractivity contribution in [1.82, 2.24) is 10.3 Å². The molecule has 1 atom stereocenters. The van der Waals surface area contributed by atoms with Gasteiger partial charge in [-0.25, -0.2) is 4.98 Å². The summed E-state index contributed by atoms with van der Waals surface area (Å²) in [6.45, 7) is 0. The monoisotopic (exact) mass is 345 g/mol. The van der Waals surface area contributed by atoms with Gasteiger partial charge in [-0.05, 0) is 24.1 Å². The number of rotatable bonds is 6. The van der Waals surface area contributed by atoms with Gasteiger partial charge in [0.25, 0.3) is 5.91 Å². The van der Waals surface area contributed by atoms with Gasteiger partial charge in [0.05, 0.1) is 5.52 Å². The van der Waals surface area contributed by atoms with Crippen LogP contribution in [0.3, 0.4) is 0 Å². The topological polar surface area (TPSA) is 85.1 Å². The molecular formula is C21H19N3O2. The highest BCUT2D eigenvalue weighted by molar-refractivity contribution is 5.97. The molecule has 0 aliphatic heterocycles. The van der Waals surface area contributed by atoms with Crippen molar-refractivity contribution < 1.29 is 9.59 Å². The van der Waals surface area contributed by atoms with Gasteiger partial charge in [-0.3, -0.25) is 9.59 Å². The molecule has 0 fully saturated rings. The molecule has 3 N–H and O–H groups in total. The molecule has 1 heterocycles. The van der Waals surface area contributed by atoms with Crippen molar-refractivity contribution in [2.75, 3.05) is 0 Å². The zero-order chi connectivity index (χ0) is 18.4. The van der Waals surface area contributed by atoms with Crippen LogP contribution in [0, 0.1) is 0 Å². The zero-order valence-electron chi connectivity index (χ0n) is 14.1. The van der Waals surface area contributed by atoms with E-state index in [2.05, 4.69) is 10.3 Å². The maximum absolute atomic E-state index is 12.4. The molecule has 2 amide bonds. The van der Waals surface area contributed by atoms with Gasteiger partial charge in [0.15, 0.2) is 0 Å². The number of hydrogen-bond donors (Lipinski definition) is 2. The summed E-state index contributed by atoms with van der Waals surface area (Å²) in [5.74, 6) is -1.01. The standard InChI is InChI=1S/C21H19N3O2/c22-20(25)18(12-6-9-15-7-2-1-3-8-15)24-21(26)19-14-13-16-10-4-5-11-17(16)23-19/h1-11,13-14,18H,12H2,(H2,22,25)(H,24,26)/b9-6+/t18-/m1/s1. The number of carbonyl (C=O) groups is 2. The molecule has 3 rings (SSSR count). The molecule has 3 aromatic rings. The highest BCUT2D eigenvalue weighted by atomic mass is 16.2. The molecule has 0 saturated heterocycles. The van der Waals surface area contributed by atoms with E-state index in [9.17, 15) is 9.59 Å². The number of para-hydroxylation sites is 1. The van der Waals surface area contributed by atoms with Crippen LogP contribution < -0.4 is 11.1 Å². The first-order valence-corrected chi connectivity index (χ1v) is 8.31. The Balaban J connectivity index is 1.69. The second-order valence-corrected chi connectivity index (χ2v) is 5.87. The van der Waals surface area contributed by atoms with E-state index in [1.165, 1.54) is 0 Å². The van der Waals surface area contributed by atoms with Crippen LogP contribution in [0.4, 0.5) is 0 Å². The molecule has 0 radical (unpaired) electrons. The Kier molecular flexibility index (Phi) is 5.39. The maximum Gasteiger partial charge on any atom is 0.270 e. The molecule has 0 spiro atoms. The minimum Gasteiger partial charge on any atom is -0.368 e. The fraction of sp³-hybridized carbons (Fsp3) is 0.0952. The van der Waals surface area contributed by atoms with E-state index in [-0.39, 0.29) is 5.69 Å². The number of pyridine rings is 1. The van der Waals surface area contributed by atoms with E-state index in [0.29, 0.717) is 6.42 Å². The van der Waals surface area contributed by atoms with Crippen molar-refractivity contribution in [2.45, 2.75) is 12.5 Å². The highest BCUT2D eigenvalue weighted by Gasteiger charge is 2.18. The first kappa shape index (κ1) is 17.4. The van der Waals surface area contributed by atoms with Crippen LogP contribution in [0.25, 0.3) is 17.0 Å². The largest absolute Gasteiger partial charge is 0.368 e. The van der Waals surface area contributed by atoms with Crippen molar-refractivity contribution in [3.05, 3.63) is 84.1 Å². The van der Waals surface area contributed by atoms with Crippen LogP contribution in [0.1, 0.15) is 22.5 Å². The summed E-state index contributed by atoms with van der Waals surface area (Å²) >= 11 is 0. The first-order chi connectivity index (χ1) is 12.6. The summed E-state index contributed by atoms with van der Waals surface area (Å²) in [5, 5.41) is 3.60. The van der Waals surface area contributed by atoms with Gasteiger partial charge in [-0.2, -0.15) is 0 Å². The molecule has 130 valence electrons. The minimum atomic E-state index is -0.796. The van der Waals surface area contributed by atoms with Crippen LogP contribution in [0.5, 0.6) is 0 Å². The van der Waals surface area contributed by atoms with Crippen molar-refractivity contribution >= 4 is 28.8 Å². The molecule has 0 aliphatic carbocycles. The van der Waals surface area contributed by atoms with E-state index < -0.39 is 17.9 Å². The van der Waals surface area contributed by atoms with Crippen molar-refractivity contribution in [1.29, 1.82) is 0 Å². The molecule has 0 aliphatic rings. The number of nitrogens with two attached hydrogens (primary N) is 1. The third-order valence-corrected chi connectivity index (χ3v) is 3.96. The van der Waals surface area contributed by atoms with Gasteiger partial charge >= 0.3 is 0 Å². The Bertz CT molecular complexity index is 952. The van der Waals surface area contributed by atoms with E-state index in [1.807, 2.05) is 72.8 Å². The molecule has 0 unspecified atom stereocenters. The number of primary amides is 1. The number of amides is 2. The van der Waals surface area contributed by atoms with E-state index >= 15 is 0 Å². The number of carbonyl (C=O) groups excluding carboxylic acids is 2. The van der Waals surface area contributed by atoms with Crippen molar-refractivity contribution in [3.63, 3.8) is 0 Å². The van der Waals surface area contributed by atoms with E-state index in [1.54, 1.807) is 6.07 Å². The fourth-order valence-electron chi connectivity index (χ4n) is 2.58. The van der Waals surface area contributed by atoms with Gasteiger partial charge in [-0.15, -0.1) is 0 Å². The predicted octanol–water partition coefficient (Wildman–Crippen LogP) is 2.92. The smallest absolute Gasteiger partial charge is 0.270 e. The lowest BCUT2D eigenvalue weighted by Crippen LogP contribution is -2.44. The first-order valence-electron chi connectivity index (χ1n) is 8.31. The molecular weight excluding hydrogens is 326 g/mol. The van der Waals surface area contributed by atoms with Gasteiger partial charge in [0.1, 0.15) is 11.7 Å². The van der Waals surface area contributed by atoms with Crippen LogP contribution in [0.2, 0.25) is 0 Å². The number of nitrogens with one attached hydrogen (secondary N) is 1. The molecule has 0 saturated carbocycles. The average Bonchev–Trinajstić information content (AvgIpc) is 2.67. The average molecular weight is 345 g/mol. The Hall–Kier alpha value is -3.47. The number of fused-ring (bicyclic) bond motifs is 1. The molecule has 0 bridgehead atoms. The van der Waals surface area contributed by atoms with Gasteiger partial charge in [0.2, 0.25) is 5.91 Å². The summed E-state index contributed by atoms with van der Waals surface area (Å²) < 4.78 is 0. The Morgan fingerprint density at radius 2 is 1.73 bits per heavy atom. The van der Waals surface area contributed by atoms with Crippen molar-refractivity contribution in [2.24, 2.45) is 5.73 Å². The number of nitrogens with zero attached hydrogens (tertiary/aromatic N) is 1. The van der Waals surface area contributed by atoms with Gasteiger partial charge in [-0.1, -0.05) is 66.7 Å². The summed E-state index contributed by atoms with van der Waals surface area (Å²) in [5.41, 5.74) is 7.41. The zero-order valence-corrected chi connectivity index (χ0v) is 14.1. The highest BCUT2D eigenvalue weighted by Crippen LogP contribution is 2.12. The normalized spacial score (nSPS) is 12.2. The number of hydrogen-bond acceptors (Lipinski definition) is 3. The summed E-state index contributed by atoms with van der Waals surface area (Å²) in [7, 11) is 0. The van der Waals surface area contributed by atoms with E-state index in [4.69, 9.17) is 5.73 Å². The van der Waals surface area contributed by atoms with Crippen LogP contribution in [-0.4, -0.2) is 22.8 Å². The predicted molar refractivity (Wildman–Crippen MR) is 102 cm³/mol. The Labute approximate surface area is 151 Å². The van der Waals surface area contributed by atoms with Crippen LogP contribution in [-0.2, 0) is 4.79 Å². The molecule has 26 heavy (non-hydrogen) atoms. The Morgan fingerprint density at radius 3 is 2.50 bits per heavy atom. The summed E-state index contributed by atoms with van der Waals surface area (Å²) in [6, 6.07) is 19.9. The molecule has 5 nitrogen and oxygen atoms in total. The molecule has 2 aromatic carbocycles. The molecule has 1 aromatic heterocycles. The molecule has 5 heteroatoms. The van der Waals surface area contributed by atoms with Gasteiger partial charge < -0.3 is 11.1 Å². The number of aromatic nitrogens is 1. The van der Waals surface area contributed by atoms with Gasteiger partial charge in [0, 0.05) is 5.39 Å². The second-order valence-electron chi connectivity index (χ2n) is 5.87.